The van der Waals surface area contributed by atoms with Crippen LogP contribution in [-0.2, 0) is 13.2 Å². The lowest BCUT2D eigenvalue weighted by atomic mass is 10.1. The van der Waals surface area contributed by atoms with Gasteiger partial charge in [0.2, 0.25) is 0 Å². The van der Waals surface area contributed by atoms with Crippen molar-refractivity contribution < 1.29 is 13.9 Å². The zero-order valence-electron chi connectivity index (χ0n) is 17.8. The summed E-state index contributed by atoms with van der Waals surface area (Å²) in [5.41, 5.74) is 3.62. The average molecular weight is 427 g/mol. The Morgan fingerprint density at radius 1 is 1.20 bits per heavy atom. The van der Waals surface area contributed by atoms with Gasteiger partial charge in [-0.15, -0.1) is 11.3 Å². The second-order valence-electron chi connectivity index (χ2n) is 7.42. The molecule has 0 bridgehead atoms. The molecule has 0 saturated carbocycles. The Bertz CT molecular complexity index is 1000. The minimum absolute atomic E-state index is 0.0406. The van der Waals surface area contributed by atoms with Crippen molar-refractivity contribution in [2.24, 2.45) is 0 Å². The molecular formula is C24H27FN2O2S. The van der Waals surface area contributed by atoms with Gasteiger partial charge in [0.15, 0.2) is 0 Å². The quantitative estimate of drug-likeness (QED) is 0.449. The lowest BCUT2D eigenvalue weighted by Crippen LogP contribution is -2.37. The van der Waals surface area contributed by atoms with Gasteiger partial charge in [-0.2, -0.15) is 0 Å². The van der Waals surface area contributed by atoms with E-state index < -0.39 is 0 Å². The summed E-state index contributed by atoms with van der Waals surface area (Å²) in [7, 11) is 0. The number of aryl methyl sites for hydroxylation is 1. The van der Waals surface area contributed by atoms with Gasteiger partial charge in [0.25, 0.3) is 5.91 Å². The normalized spacial score (nSPS) is 11.9. The van der Waals surface area contributed by atoms with Crippen LogP contribution in [0, 0.1) is 19.7 Å². The SMILES string of the molecule is CC[C@H](C)N(Cc1csc(COc2cccc(C)c2C)n1)C(=O)c1ccc(F)cc1. The van der Waals surface area contributed by atoms with E-state index in [1.807, 2.05) is 38.3 Å². The molecule has 1 atom stereocenters. The van der Waals surface area contributed by atoms with E-state index in [-0.39, 0.29) is 17.8 Å². The summed E-state index contributed by atoms with van der Waals surface area (Å²) in [5, 5.41) is 2.83. The second-order valence-corrected chi connectivity index (χ2v) is 8.36. The highest BCUT2D eigenvalue weighted by Crippen LogP contribution is 2.23. The largest absolute Gasteiger partial charge is 0.486 e. The van der Waals surface area contributed by atoms with Crippen molar-refractivity contribution in [3.8, 4) is 5.75 Å². The number of thiazole rings is 1. The molecule has 1 heterocycles. The number of aromatic nitrogens is 1. The van der Waals surface area contributed by atoms with Crippen molar-refractivity contribution in [2.45, 2.75) is 53.3 Å². The topological polar surface area (TPSA) is 42.4 Å². The van der Waals surface area contributed by atoms with E-state index in [2.05, 4.69) is 18.0 Å². The molecule has 0 aliphatic heterocycles. The summed E-state index contributed by atoms with van der Waals surface area (Å²) in [6.07, 6.45) is 0.819. The number of amides is 1. The van der Waals surface area contributed by atoms with E-state index in [1.165, 1.54) is 41.2 Å². The average Bonchev–Trinajstić information content (AvgIpc) is 3.20. The minimum Gasteiger partial charge on any atom is -0.486 e. The monoisotopic (exact) mass is 426 g/mol. The standard InChI is InChI=1S/C24H27FN2O2S/c1-5-17(3)27(24(28)19-9-11-20(25)12-10-19)13-21-15-30-23(26-21)14-29-22-8-6-7-16(2)18(22)4/h6-12,15,17H,5,13-14H2,1-4H3/t17-/m0/s1. The number of hydrogen-bond donors (Lipinski definition) is 0. The summed E-state index contributed by atoms with van der Waals surface area (Å²) in [4.78, 5) is 19.5. The lowest BCUT2D eigenvalue weighted by Gasteiger charge is -2.28. The van der Waals surface area contributed by atoms with Crippen molar-refractivity contribution in [1.29, 1.82) is 0 Å². The molecule has 158 valence electrons. The molecule has 0 aliphatic rings. The van der Waals surface area contributed by atoms with Gasteiger partial charge < -0.3 is 9.64 Å². The number of benzene rings is 2. The van der Waals surface area contributed by atoms with E-state index in [0.29, 0.717) is 18.7 Å². The molecule has 1 amide bonds. The van der Waals surface area contributed by atoms with E-state index >= 15 is 0 Å². The molecule has 4 nitrogen and oxygen atoms in total. The van der Waals surface area contributed by atoms with Crippen LogP contribution >= 0.6 is 11.3 Å². The van der Waals surface area contributed by atoms with Crippen LogP contribution in [0.5, 0.6) is 5.75 Å². The molecule has 30 heavy (non-hydrogen) atoms. The highest BCUT2D eigenvalue weighted by Gasteiger charge is 2.22. The predicted octanol–water partition coefficient (Wildman–Crippen LogP) is 5.92. The van der Waals surface area contributed by atoms with Crippen LogP contribution in [0.3, 0.4) is 0 Å². The smallest absolute Gasteiger partial charge is 0.254 e. The van der Waals surface area contributed by atoms with Gasteiger partial charge in [0, 0.05) is 17.0 Å². The Labute approximate surface area is 181 Å². The molecule has 3 aromatic rings. The molecule has 0 unspecified atom stereocenters. The summed E-state index contributed by atoms with van der Waals surface area (Å²) in [6, 6.07) is 11.7. The summed E-state index contributed by atoms with van der Waals surface area (Å²) in [6.45, 7) is 8.96. The summed E-state index contributed by atoms with van der Waals surface area (Å²) in [5.74, 6) is 0.389. The van der Waals surface area contributed by atoms with E-state index in [4.69, 9.17) is 4.74 Å². The van der Waals surface area contributed by atoms with E-state index in [1.54, 1.807) is 4.90 Å². The molecule has 0 aliphatic carbocycles. The molecule has 3 rings (SSSR count). The molecule has 0 spiro atoms. The van der Waals surface area contributed by atoms with Crippen LogP contribution in [0.25, 0.3) is 0 Å². The van der Waals surface area contributed by atoms with E-state index in [0.717, 1.165) is 28.4 Å². The second kappa shape index (κ2) is 9.85. The van der Waals surface area contributed by atoms with Crippen LogP contribution in [0.15, 0.2) is 47.8 Å². The third-order valence-electron chi connectivity index (χ3n) is 5.31. The Morgan fingerprint density at radius 3 is 2.63 bits per heavy atom. The first kappa shape index (κ1) is 22.0. The molecule has 6 heteroatoms. The highest BCUT2D eigenvalue weighted by molar-refractivity contribution is 7.09. The summed E-state index contributed by atoms with van der Waals surface area (Å²) < 4.78 is 19.2. The first-order chi connectivity index (χ1) is 14.4. The molecule has 0 fully saturated rings. The fourth-order valence-corrected chi connectivity index (χ4v) is 3.79. The maximum absolute atomic E-state index is 13.2. The first-order valence-electron chi connectivity index (χ1n) is 10.1. The number of ether oxygens (including phenoxy) is 1. The number of hydrogen-bond acceptors (Lipinski definition) is 4. The molecule has 0 saturated heterocycles. The van der Waals surface area contributed by atoms with Crippen molar-refractivity contribution in [3.05, 3.63) is 81.1 Å². The van der Waals surface area contributed by atoms with Crippen LogP contribution in [0.1, 0.15) is 52.5 Å². The zero-order valence-corrected chi connectivity index (χ0v) is 18.6. The first-order valence-corrected chi connectivity index (χ1v) is 11.0. The zero-order chi connectivity index (χ0) is 21.7. The van der Waals surface area contributed by atoms with Crippen LogP contribution < -0.4 is 4.74 Å². The Morgan fingerprint density at radius 2 is 1.93 bits per heavy atom. The van der Waals surface area contributed by atoms with Crippen LogP contribution in [0.2, 0.25) is 0 Å². The Hall–Kier alpha value is -2.73. The van der Waals surface area contributed by atoms with Gasteiger partial charge in [-0.1, -0.05) is 19.1 Å². The molecule has 0 N–H and O–H groups in total. The van der Waals surface area contributed by atoms with Crippen LogP contribution in [-0.4, -0.2) is 21.8 Å². The van der Waals surface area contributed by atoms with Gasteiger partial charge in [0.1, 0.15) is 23.2 Å². The van der Waals surface area contributed by atoms with E-state index in [9.17, 15) is 9.18 Å². The van der Waals surface area contributed by atoms with Crippen molar-refractivity contribution in [2.75, 3.05) is 0 Å². The predicted molar refractivity (Wildman–Crippen MR) is 118 cm³/mol. The number of carbonyl (C=O) groups is 1. The lowest BCUT2D eigenvalue weighted by molar-refractivity contribution is 0.0669. The molecule has 0 radical (unpaired) electrons. The number of carbonyl (C=O) groups excluding carboxylic acids is 1. The maximum Gasteiger partial charge on any atom is 0.254 e. The van der Waals surface area contributed by atoms with Gasteiger partial charge in [-0.25, -0.2) is 9.37 Å². The fraction of sp³-hybridized carbons (Fsp3) is 0.333. The molecule has 2 aromatic carbocycles. The third kappa shape index (κ3) is 5.25. The Balaban J connectivity index is 1.70. The van der Waals surface area contributed by atoms with Crippen LogP contribution in [0.4, 0.5) is 4.39 Å². The minimum atomic E-state index is -0.352. The van der Waals surface area contributed by atoms with Gasteiger partial charge in [-0.05, 0) is 68.7 Å². The number of nitrogens with zero attached hydrogens (tertiary/aromatic N) is 2. The number of rotatable bonds is 8. The van der Waals surface area contributed by atoms with Crippen molar-refractivity contribution in [1.82, 2.24) is 9.88 Å². The van der Waals surface area contributed by atoms with Gasteiger partial charge in [-0.3, -0.25) is 4.79 Å². The Kier molecular flexibility index (Phi) is 7.21. The van der Waals surface area contributed by atoms with Crippen molar-refractivity contribution in [3.63, 3.8) is 0 Å². The highest BCUT2D eigenvalue weighted by atomic mass is 32.1. The molecular weight excluding hydrogens is 399 g/mol. The number of halogens is 1. The van der Waals surface area contributed by atoms with Crippen molar-refractivity contribution >= 4 is 17.2 Å². The third-order valence-corrected chi connectivity index (χ3v) is 6.18. The summed E-state index contributed by atoms with van der Waals surface area (Å²) >= 11 is 1.53. The maximum atomic E-state index is 13.2. The molecule has 1 aromatic heterocycles. The van der Waals surface area contributed by atoms with Gasteiger partial charge in [0.05, 0.1) is 12.2 Å². The van der Waals surface area contributed by atoms with Gasteiger partial charge >= 0.3 is 0 Å². The fourth-order valence-electron chi connectivity index (χ4n) is 3.09.